The number of carbonyl (C=O) groups excluding carboxylic acids is 2. The van der Waals surface area contributed by atoms with E-state index >= 15 is 0 Å². The lowest BCUT2D eigenvalue weighted by atomic mass is 9.92. The van der Waals surface area contributed by atoms with E-state index in [0.29, 0.717) is 11.3 Å². The van der Waals surface area contributed by atoms with Crippen molar-refractivity contribution in [3.05, 3.63) is 95.1 Å². The average molecular weight is 460 g/mol. The number of ether oxygens (including phenoxy) is 2. The summed E-state index contributed by atoms with van der Waals surface area (Å²) in [6, 6.07) is 22.4. The molecule has 0 aliphatic rings. The van der Waals surface area contributed by atoms with Gasteiger partial charge in [0.1, 0.15) is 12.4 Å². The summed E-state index contributed by atoms with van der Waals surface area (Å²) >= 11 is 0. The Labute approximate surface area is 202 Å². The number of hydrogen-bond acceptors (Lipinski definition) is 4. The van der Waals surface area contributed by atoms with Crippen LogP contribution in [-0.2, 0) is 16.1 Å². The number of carbonyl (C=O) groups is 2. The van der Waals surface area contributed by atoms with Crippen molar-refractivity contribution in [1.82, 2.24) is 0 Å². The number of rotatable bonds is 9. The van der Waals surface area contributed by atoms with Crippen LogP contribution in [0.3, 0.4) is 0 Å². The van der Waals surface area contributed by atoms with Gasteiger partial charge in [0.25, 0.3) is 5.91 Å². The van der Waals surface area contributed by atoms with Gasteiger partial charge in [0.05, 0.1) is 0 Å². The van der Waals surface area contributed by atoms with Gasteiger partial charge in [-0.1, -0.05) is 76.2 Å². The van der Waals surface area contributed by atoms with Gasteiger partial charge >= 0.3 is 5.97 Å². The summed E-state index contributed by atoms with van der Waals surface area (Å²) in [5.41, 5.74) is 4.54. The van der Waals surface area contributed by atoms with Crippen LogP contribution in [0.4, 0.5) is 5.69 Å². The number of para-hydroxylation sites is 1. The zero-order valence-electron chi connectivity index (χ0n) is 20.5. The Morgan fingerprint density at radius 2 is 1.35 bits per heavy atom. The summed E-state index contributed by atoms with van der Waals surface area (Å²) in [5.74, 6) is 0.432. The second kappa shape index (κ2) is 11.5. The van der Waals surface area contributed by atoms with Crippen molar-refractivity contribution in [1.29, 1.82) is 0 Å². The van der Waals surface area contributed by atoms with E-state index in [1.807, 2.05) is 36.4 Å². The van der Waals surface area contributed by atoms with E-state index in [4.69, 9.17) is 9.47 Å². The van der Waals surface area contributed by atoms with Gasteiger partial charge in [-0.05, 0) is 59.7 Å². The van der Waals surface area contributed by atoms with E-state index in [-0.39, 0.29) is 24.3 Å². The van der Waals surface area contributed by atoms with E-state index in [0.717, 1.165) is 22.4 Å². The fraction of sp³-hybridized carbons (Fsp3) is 0.310. The normalized spacial score (nSPS) is 11.9. The van der Waals surface area contributed by atoms with Gasteiger partial charge in [0, 0.05) is 11.3 Å². The van der Waals surface area contributed by atoms with Crippen molar-refractivity contribution in [3.8, 4) is 5.75 Å². The Morgan fingerprint density at radius 1 is 0.765 bits per heavy atom. The molecule has 1 amide bonds. The van der Waals surface area contributed by atoms with E-state index in [1.54, 1.807) is 31.2 Å². The third kappa shape index (κ3) is 6.47. The molecule has 0 aromatic heterocycles. The van der Waals surface area contributed by atoms with E-state index in [9.17, 15) is 9.59 Å². The SMILES string of the molecule is CC(C)c1cccc(C(C)C)c1NC(=O)c1ccc(O[C@H](C)C(=O)OCc2ccccc2)cc1. The van der Waals surface area contributed by atoms with Gasteiger partial charge < -0.3 is 14.8 Å². The first-order valence-corrected chi connectivity index (χ1v) is 11.7. The van der Waals surface area contributed by atoms with Gasteiger partial charge in [-0.15, -0.1) is 0 Å². The molecule has 0 unspecified atom stereocenters. The predicted molar refractivity (Wildman–Crippen MR) is 135 cm³/mol. The fourth-order valence-electron chi connectivity index (χ4n) is 3.66. The number of benzene rings is 3. The lowest BCUT2D eigenvalue weighted by molar-refractivity contribution is -0.152. The van der Waals surface area contributed by atoms with E-state index in [1.165, 1.54) is 0 Å². The molecule has 0 fully saturated rings. The minimum Gasteiger partial charge on any atom is -0.479 e. The first-order chi connectivity index (χ1) is 16.3. The first kappa shape index (κ1) is 25.0. The molecule has 0 aliphatic carbocycles. The van der Waals surface area contributed by atoms with Crippen LogP contribution in [0.5, 0.6) is 5.75 Å². The Hall–Kier alpha value is -3.60. The highest BCUT2D eigenvalue weighted by molar-refractivity contribution is 6.05. The monoisotopic (exact) mass is 459 g/mol. The molecular weight excluding hydrogens is 426 g/mol. The third-order valence-electron chi connectivity index (χ3n) is 5.60. The van der Waals surface area contributed by atoms with Crippen molar-refractivity contribution in [2.24, 2.45) is 0 Å². The highest BCUT2D eigenvalue weighted by Crippen LogP contribution is 2.32. The summed E-state index contributed by atoms with van der Waals surface area (Å²) in [7, 11) is 0. The van der Waals surface area contributed by atoms with Gasteiger partial charge in [-0.2, -0.15) is 0 Å². The quantitative estimate of drug-likeness (QED) is 0.362. The molecule has 0 spiro atoms. The van der Waals surface area contributed by atoms with Gasteiger partial charge in [-0.25, -0.2) is 4.79 Å². The van der Waals surface area contributed by atoms with Crippen LogP contribution < -0.4 is 10.1 Å². The molecule has 34 heavy (non-hydrogen) atoms. The molecule has 3 aromatic rings. The van der Waals surface area contributed by atoms with Gasteiger partial charge in [-0.3, -0.25) is 4.79 Å². The summed E-state index contributed by atoms with van der Waals surface area (Å²) in [6.07, 6.45) is -0.769. The number of esters is 1. The summed E-state index contributed by atoms with van der Waals surface area (Å²) < 4.78 is 11.0. The minimum atomic E-state index is -0.769. The summed E-state index contributed by atoms with van der Waals surface area (Å²) in [6.45, 7) is 10.3. The van der Waals surface area contributed by atoms with Crippen molar-refractivity contribution in [2.75, 3.05) is 5.32 Å². The lowest BCUT2D eigenvalue weighted by Crippen LogP contribution is -2.26. The molecule has 0 radical (unpaired) electrons. The van der Waals surface area contributed by atoms with Crippen LogP contribution in [0, 0.1) is 0 Å². The predicted octanol–water partition coefficient (Wildman–Crippen LogP) is 6.70. The molecule has 3 rings (SSSR count). The minimum absolute atomic E-state index is 0.183. The van der Waals surface area contributed by atoms with Crippen LogP contribution in [-0.4, -0.2) is 18.0 Å². The highest BCUT2D eigenvalue weighted by Gasteiger charge is 2.19. The molecule has 1 atom stereocenters. The molecule has 0 heterocycles. The van der Waals surface area contributed by atoms with Crippen molar-refractivity contribution in [3.63, 3.8) is 0 Å². The number of nitrogens with one attached hydrogen (secondary N) is 1. The zero-order valence-corrected chi connectivity index (χ0v) is 20.5. The maximum absolute atomic E-state index is 13.0. The fourth-order valence-corrected chi connectivity index (χ4v) is 3.66. The van der Waals surface area contributed by atoms with Crippen molar-refractivity contribution < 1.29 is 19.1 Å². The number of hydrogen-bond donors (Lipinski definition) is 1. The maximum atomic E-state index is 13.0. The van der Waals surface area contributed by atoms with Crippen LogP contribution in [0.15, 0.2) is 72.8 Å². The number of amides is 1. The molecule has 5 heteroatoms. The second-order valence-corrected chi connectivity index (χ2v) is 8.95. The smallest absolute Gasteiger partial charge is 0.347 e. The molecule has 1 N–H and O–H groups in total. The molecule has 0 bridgehead atoms. The van der Waals surface area contributed by atoms with E-state index < -0.39 is 12.1 Å². The largest absolute Gasteiger partial charge is 0.479 e. The van der Waals surface area contributed by atoms with Gasteiger partial charge in [0.15, 0.2) is 6.10 Å². The molecular formula is C29H33NO4. The Bertz CT molecular complexity index is 1080. The van der Waals surface area contributed by atoms with Gasteiger partial charge in [0.2, 0.25) is 0 Å². The zero-order chi connectivity index (χ0) is 24.7. The van der Waals surface area contributed by atoms with Crippen molar-refractivity contribution in [2.45, 2.75) is 59.2 Å². The molecule has 3 aromatic carbocycles. The van der Waals surface area contributed by atoms with Crippen LogP contribution >= 0.6 is 0 Å². The average Bonchev–Trinajstić information content (AvgIpc) is 2.83. The Morgan fingerprint density at radius 3 is 1.91 bits per heavy atom. The molecule has 0 aliphatic heterocycles. The number of anilines is 1. The maximum Gasteiger partial charge on any atom is 0.347 e. The topological polar surface area (TPSA) is 64.6 Å². The van der Waals surface area contributed by atoms with Crippen LogP contribution in [0.1, 0.15) is 73.5 Å². The van der Waals surface area contributed by atoms with Crippen LogP contribution in [0.2, 0.25) is 0 Å². The molecule has 5 nitrogen and oxygen atoms in total. The first-order valence-electron chi connectivity index (χ1n) is 11.7. The summed E-state index contributed by atoms with van der Waals surface area (Å²) in [5, 5.41) is 3.12. The Kier molecular flexibility index (Phi) is 8.47. The summed E-state index contributed by atoms with van der Waals surface area (Å²) in [4.78, 5) is 25.3. The molecule has 0 saturated carbocycles. The van der Waals surface area contributed by atoms with E-state index in [2.05, 4.69) is 45.1 Å². The lowest BCUT2D eigenvalue weighted by Gasteiger charge is -2.20. The Balaban J connectivity index is 1.63. The molecule has 0 saturated heterocycles. The second-order valence-electron chi connectivity index (χ2n) is 8.95. The highest BCUT2D eigenvalue weighted by atomic mass is 16.6. The molecule has 178 valence electrons. The standard InChI is InChI=1S/C29H33NO4/c1-19(2)25-12-9-13-26(20(3)4)27(25)30-28(31)23-14-16-24(17-15-23)34-21(5)29(32)33-18-22-10-7-6-8-11-22/h6-17,19-21H,18H2,1-5H3,(H,30,31)/t21-/m1/s1. The third-order valence-corrected chi connectivity index (χ3v) is 5.60. The van der Waals surface area contributed by atoms with Crippen LogP contribution in [0.25, 0.3) is 0 Å². The van der Waals surface area contributed by atoms with Crippen molar-refractivity contribution >= 4 is 17.6 Å².